The van der Waals surface area contributed by atoms with Gasteiger partial charge in [-0.2, -0.15) is 18.0 Å². The maximum atomic E-state index is 13.2. The summed E-state index contributed by atoms with van der Waals surface area (Å²) < 4.78 is 38.1. The summed E-state index contributed by atoms with van der Waals surface area (Å²) in [5.41, 5.74) is 0.353. The van der Waals surface area contributed by atoms with Crippen LogP contribution in [0, 0.1) is 0 Å². The summed E-state index contributed by atoms with van der Waals surface area (Å²) in [6.45, 7) is 0.670. The van der Waals surface area contributed by atoms with E-state index in [1.807, 2.05) is 0 Å². The van der Waals surface area contributed by atoms with Crippen molar-refractivity contribution < 1.29 is 42.3 Å². The number of carbonyl (C=O) groups is 5. The van der Waals surface area contributed by atoms with Crippen molar-refractivity contribution in [3.8, 4) is 0 Å². The lowest BCUT2D eigenvalue weighted by molar-refractivity contribution is -0.145. The van der Waals surface area contributed by atoms with E-state index in [2.05, 4.69) is 26.0 Å². The monoisotopic (exact) mass is 553 g/mol. The molecule has 16 heteroatoms. The number of nitrogens with zero attached hydrogens (tertiary/aromatic N) is 5. The third kappa shape index (κ3) is 7.81. The van der Waals surface area contributed by atoms with Crippen LogP contribution in [0.1, 0.15) is 48.8 Å². The van der Waals surface area contributed by atoms with Crippen LogP contribution in [0.2, 0.25) is 0 Å². The molecule has 1 aromatic carbocycles. The number of rotatable bonds is 10. The molecule has 0 radical (unpaired) electrons. The number of aromatic nitrogens is 4. The van der Waals surface area contributed by atoms with Crippen molar-refractivity contribution in [3.63, 3.8) is 0 Å². The molecule has 1 aliphatic rings. The van der Waals surface area contributed by atoms with Gasteiger partial charge in [-0.25, -0.2) is 0 Å². The van der Waals surface area contributed by atoms with Crippen LogP contribution < -0.4 is 10.6 Å². The minimum Gasteiger partial charge on any atom is -0.481 e. The zero-order chi connectivity index (χ0) is 28.7. The first-order chi connectivity index (χ1) is 18.4. The minimum atomic E-state index is -4.90. The van der Waals surface area contributed by atoms with Crippen LogP contribution in [0.25, 0.3) is 0 Å². The molecule has 0 aliphatic carbocycles. The van der Waals surface area contributed by atoms with Crippen molar-refractivity contribution in [3.05, 3.63) is 41.7 Å². The van der Waals surface area contributed by atoms with Crippen molar-refractivity contribution in [1.82, 2.24) is 35.7 Å². The number of aliphatic carboxylic acids is 1. The van der Waals surface area contributed by atoms with E-state index in [9.17, 15) is 42.3 Å². The fraction of sp³-hybridized carbons (Fsp3) is 0.478. The number of halogens is 3. The molecule has 1 aromatic heterocycles. The van der Waals surface area contributed by atoms with Gasteiger partial charge in [0.05, 0.1) is 6.42 Å². The number of hydrogen-bond donors (Lipinski definition) is 3. The van der Waals surface area contributed by atoms with Crippen LogP contribution in [-0.4, -0.2) is 84.4 Å². The number of carboxylic acid groups (broad SMARTS) is 1. The lowest BCUT2D eigenvalue weighted by atomic mass is 10.1. The van der Waals surface area contributed by atoms with Crippen LogP contribution in [0.4, 0.5) is 13.2 Å². The van der Waals surface area contributed by atoms with Gasteiger partial charge in [0, 0.05) is 12.1 Å². The van der Waals surface area contributed by atoms with E-state index >= 15 is 0 Å². The summed E-state index contributed by atoms with van der Waals surface area (Å²) in [5.74, 6) is -5.88. The third-order valence-corrected chi connectivity index (χ3v) is 6.00. The Balaban J connectivity index is 1.68. The topological polar surface area (TPSA) is 176 Å². The highest BCUT2D eigenvalue weighted by Crippen LogP contribution is 2.24. The summed E-state index contributed by atoms with van der Waals surface area (Å²) in [5, 5.41) is 23.1. The maximum Gasteiger partial charge on any atom is 0.455 e. The standard InChI is InChI=1S/C23H26F3N7O6/c1-13(32-10-6-5-9-15(21(32)39)27-20(38)14-7-3-2-4-8-14)19(37)28-16(11-18(35)36)17(34)12-33-30-22(29-31-33)23(24,25)26/h2-4,7-8,13,15-16H,5-6,9-12H2,1H3,(H,27,38)(H,28,37)(H,35,36). The Morgan fingerprint density at radius 2 is 1.85 bits per heavy atom. The number of alkyl halides is 3. The molecule has 2 heterocycles. The Hall–Kier alpha value is -4.37. The molecular weight excluding hydrogens is 527 g/mol. The molecule has 1 fully saturated rings. The molecule has 39 heavy (non-hydrogen) atoms. The fourth-order valence-corrected chi connectivity index (χ4v) is 3.94. The van der Waals surface area contributed by atoms with Crippen LogP contribution in [-0.2, 0) is 31.9 Å². The average Bonchev–Trinajstić information content (AvgIpc) is 3.28. The van der Waals surface area contributed by atoms with E-state index in [-0.39, 0.29) is 6.54 Å². The molecule has 210 valence electrons. The van der Waals surface area contributed by atoms with Crippen LogP contribution >= 0.6 is 0 Å². The van der Waals surface area contributed by atoms with Crippen LogP contribution in [0.15, 0.2) is 30.3 Å². The van der Waals surface area contributed by atoms with E-state index in [0.29, 0.717) is 29.6 Å². The molecule has 13 nitrogen and oxygen atoms in total. The van der Waals surface area contributed by atoms with Gasteiger partial charge < -0.3 is 20.6 Å². The normalized spacial score (nSPS) is 17.6. The Bertz CT molecular complexity index is 1220. The van der Waals surface area contributed by atoms with Crippen molar-refractivity contribution in [2.45, 2.75) is 63.5 Å². The molecular formula is C23H26F3N7O6. The molecule has 3 rings (SSSR count). The second-order valence-corrected chi connectivity index (χ2v) is 8.86. The third-order valence-electron chi connectivity index (χ3n) is 6.00. The predicted octanol–water partition coefficient (Wildman–Crippen LogP) is 0.420. The highest BCUT2D eigenvalue weighted by Gasteiger charge is 2.38. The van der Waals surface area contributed by atoms with Crippen molar-refractivity contribution >= 4 is 29.5 Å². The van der Waals surface area contributed by atoms with Gasteiger partial charge in [0.2, 0.25) is 11.8 Å². The first-order valence-corrected chi connectivity index (χ1v) is 11.9. The van der Waals surface area contributed by atoms with E-state index in [0.717, 1.165) is 0 Å². The summed E-state index contributed by atoms with van der Waals surface area (Å²) >= 11 is 0. The molecule has 1 aliphatic heterocycles. The molecule has 0 bridgehead atoms. The Morgan fingerprint density at radius 3 is 2.46 bits per heavy atom. The van der Waals surface area contributed by atoms with Gasteiger partial charge in [-0.05, 0) is 43.5 Å². The van der Waals surface area contributed by atoms with Crippen molar-refractivity contribution in [2.75, 3.05) is 6.54 Å². The molecule has 3 atom stereocenters. The SMILES string of the molecule is CC(C(=O)NC(CC(=O)O)C(=O)Cn1nnc(C(F)(F)F)n1)N1CCCCC(NC(=O)c2ccccc2)C1=O. The quantitative estimate of drug-likeness (QED) is 0.376. The first kappa shape index (κ1) is 29.2. The number of likely N-dealkylation sites (tertiary alicyclic amines) is 1. The van der Waals surface area contributed by atoms with Gasteiger partial charge in [0.15, 0.2) is 5.78 Å². The highest BCUT2D eigenvalue weighted by atomic mass is 19.4. The molecule has 3 amide bonds. The van der Waals surface area contributed by atoms with Crippen molar-refractivity contribution in [2.24, 2.45) is 0 Å². The largest absolute Gasteiger partial charge is 0.481 e. The smallest absolute Gasteiger partial charge is 0.455 e. The molecule has 0 spiro atoms. The van der Waals surface area contributed by atoms with Gasteiger partial charge in [-0.15, -0.1) is 10.2 Å². The number of hydrogen-bond acceptors (Lipinski definition) is 8. The van der Waals surface area contributed by atoms with E-state index in [1.165, 1.54) is 11.8 Å². The molecule has 1 saturated heterocycles. The van der Waals surface area contributed by atoms with E-state index in [4.69, 9.17) is 0 Å². The molecule has 0 saturated carbocycles. The van der Waals surface area contributed by atoms with Crippen LogP contribution in [0.5, 0.6) is 0 Å². The Kier molecular flexibility index (Phi) is 9.32. The Morgan fingerprint density at radius 1 is 1.15 bits per heavy atom. The van der Waals surface area contributed by atoms with Gasteiger partial charge in [0.25, 0.3) is 11.7 Å². The summed E-state index contributed by atoms with van der Waals surface area (Å²) in [4.78, 5) is 64.3. The Labute approximate surface area is 219 Å². The number of carboxylic acids is 1. The lowest BCUT2D eigenvalue weighted by Crippen LogP contribution is -2.56. The van der Waals surface area contributed by atoms with Gasteiger partial charge in [-0.1, -0.05) is 18.2 Å². The number of amides is 3. The average molecular weight is 553 g/mol. The van der Waals surface area contributed by atoms with Crippen LogP contribution in [0.3, 0.4) is 0 Å². The minimum absolute atomic E-state index is 0.172. The summed E-state index contributed by atoms with van der Waals surface area (Å²) in [6, 6.07) is 4.54. The number of nitrogens with one attached hydrogen (secondary N) is 2. The molecule has 3 N–H and O–H groups in total. The second kappa shape index (κ2) is 12.4. The zero-order valence-corrected chi connectivity index (χ0v) is 20.7. The fourth-order valence-electron chi connectivity index (χ4n) is 3.94. The molecule has 3 unspecified atom stereocenters. The van der Waals surface area contributed by atoms with Crippen molar-refractivity contribution in [1.29, 1.82) is 0 Å². The number of Topliss-reactive ketones (excluding diaryl/α,β-unsaturated/α-hetero) is 1. The van der Waals surface area contributed by atoms with Gasteiger partial charge in [-0.3, -0.25) is 24.0 Å². The zero-order valence-electron chi connectivity index (χ0n) is 20.7. The first-order valence-electron chi connectivity index (χ1n) is 11.9. The van der Waals surface area contributed by atoms with E-state index in [1.54, 1.807) is 30.3 Å². The second-order valence-electron chi connectivity index (χ2n) is 8.86. The number of benzene rings is 1. The maximum absolute atomic E-state index is 13.2. The predicted molar refractivity (Wildman–Crippen MR) is 125 cm³/mol. The number of tetrazole rings is 1. The lowest BCUT2D eigenvalue weighted by Gasteiger charge is -2.30. The number of carbonyl (C=O) groups excluding carboxylic acids is 4. The summed E-state index contributed by atoms with van der Waals surface area (Å²) in [7, 11) is 0. The molecule has 2 aromatic rings. The van der Waals surface area contributed by atoms with E-state index < -0.39 is 72.6 Å². The highest BCUT2D eigenvalue weighted by molar-refractivity contribution is 5.99. The van der Waals surface area contributed by atoms with Gasteiger partial charge in [0.1, 0.15) is 24.7 Å². The number of ketones is 1. The summed E-state index contributed by atoms with van der Waals surface area (Å²) in [6.07, 6.45) is -4.32. The van der Waals surface area contributed by atoms with Gasteiger partial charge >= 0.3 is 12.1 Å².